The fourth-order valence-corrected chi connectivity index (χ4v) is 3.54. The highest BCUT2D eigenvalue weighted by atomic mass is 32.2. The molecule has 0 atom stereocenters. The number of para-hydroxylation sites is 2. The van der Waals surface area contributed by atoms with E-state index in [1.165, 1.54) is 24.3 Å². The zero-order valence-electron chi connectivity index (χ0n) is 17.9. The highest BCUT2D eigenvalue weighted by molar-refractivity contribution is 7.92. The van der Waals surface area contributed by atoms with Crippen molar-refractivity contribution in [3.8, 4) is 11.8 Å². The minimum absolute atomic E-state index is 0.189. The van der Waals surface area contributed by atoms with Gasteiger partial charge in [0.25, 0.3) is 10.0 Å². The van der Waals surface area contributed by atoms with Crippen LogP contribution in [-0.2, 0) is 14.8 Å². The van der Waals surface area contributed by atoms with E-state index >= 15 is 0 Å². The Bertz CT molecular complexity index is 1220. The van der Waals surface area contributed by atoms with Gasteiger partial charge in [-0.05, 0) is 54.6 Å². The van der Waals surface area contributed by atoms with Crippen LogP contribution >= 0.6 is 0 Å². The lowest BCUT2D eigenvalue weighted by Crippen LogP contribution is -2.12. The van der Waals surface area contributed by atoms with Crippen molar-refractivity contribution in [3.63, 3.8) is 0 Å². The summed E-state index contributed by atoms with van der Waals surface area (Å²) in [7, 11) is -3.64. The van der Waals surface area contributed by atoms with Crippen LogP contribution in [0, 0.1) is 11.8 Å². The Kier molecular flexibility index (Phi) is 9.08. The van der Waals surface area contributed by atoms with Gasteiger partial charge in [-0.1, -0.05) is 56.0 Å². The fourth-order valence-electron chi connectivity index (χ4n) is 2.46. The normalized spacial score (nSPS) is 10.3. The van der Waals surface area contributed by atoms with E-state index in [0.29, 0.717) is 22.6 Å². The Morgan fingerprint density at radius 3 is 2.19 bits per heavy atom. The molecule has 0 radical (unpaired) electrons. The number of nitrogens with two attached hydrogens (primary N) is 1. The number of hydrogen-bond acceptors (Lipinski definition) is 4. The molecule has 0 aromatic heterocycles. The SMILES string of the molecule is CC.Nc1ccccc1NC(=O)/C=C/C#Cc1ccc(NS(=O)(=O)c2ccccc2)cc1. The van der Waals surface area contributed by atoms with Gasteiger partial charge in [-0.25, -0.2) is 8.42 Å². The first-order valence-electron chi connectivity index (χ1n) is 9.95. The maximum atomic E-state index is 12.3. The van der Waals surface area contributed by atoms with Gasteiger partial charge >= 0.3 is 0 Å². The molecule has 0 saturated heterocycles. The van der Waals surface area contributed by atoms with Gasteiger partial charge in [0.1, 0.15) is 0 Å². The molecule has 3 aromatic rings. The Hall–Kier alpha value is -4.02. The first-order valence-corrected chi connectivity index (χ1v) is 11.4. The van der Waals surface area contributed by atoms with Crippen LogP contribution in [0.25, 0.3) is 0 Å². The molecule has 0 unspecified atom stereocenters. The molecule has 3 aromatic carbocycles. The highest BCUT2D eigenvalue weighted by Crippen LogP contribution is 2.17. The molecule has 0 aliphatic carbocycles. The fraction of sp³-hybridized carbons (Fsp3) is 0.0800. The Morgan fingerprint density at radius 1 is 0.906 bits per heavy atom. The van der Waals surface area contributed by atoms with Crippen molar-refractivity contribution in [2.45, 2.75) is 18.7 Å². The van der Waals surface area contributed by atoms with Crippen molar-refractivity contribution in [1.29, 1.82) is 0 Å². The molecular weight excluding hydrogens is 422 g/mol. The molecule has 7 heteroatoms. The lowest BCUT2D eigenvalue weighted by Gasteiger charge is -2.07. The van der Waals surface area contributed by atoms with Crippen LogP contribution in [0.5, 0.6) is 0 Å². The number of nitrogens with one attached hydrogen (secondary N) is 2. The maximum absolute atomic E-state index is 12.3. The molecule has 0 aliphatic heterocycles. The number of carbonyl (C=O) groups excluding carboxylic acids is 1. The Balaban J connectivity index is 0.00000176. The summed E-state index contributed by atoms with van der Waals surface area (Å²) >= 11 is 0. The van der Waals surface area contributed by atoms with Crippen molar-refractivity contribution < 1.29 is 13.2 Å². The monoisotopic (exact) mass is 447 g/mol. The second kappa shape index (κ2) is 12.0. The number of anilines is 3. The molecule has 0 heterocycles. The molecule has 0 fully saturated rings. The molecule has 4 N–H and O–H groups in total. The molecule has 3 rings (SSSR count). The Labute approximate surface area is 189 Å². The summed E-state index contributed by atoms with van der Waals surface area (Å²) in [5.41, 5.74) is 7.90. The van der Waals surface area contributed by atoms with Gasteiger partial charge in [-0.2, -0.15) is 0 Å². The molecule has 164 valence electrons. The topological polar surface area (TPSA) is 101 Å². The molecule has 6 nitrogen and oxygen atoms in total. The zero-order valence-corrected chi connectivity index (χ0v) is 18.7. The number of amides is 1. The van der Waals surface area contributed by atoms with E-state index in [1.54, 1.807) is 66.7 Å². The molecule has 0 bridgehead atoms. The summed E-state index contributed by atoms with van der Waals surface area (Å²) in [4.78, 5) is 12.1. The number of sulfonamides is 1. The number of nitrogen functional groups attached to an aromatic ring is 1. The third kappa shape index (κ3) is 7.35. The van der Waals surface area contributed by atoms with E-state index < -0.39 is 10.0 Å². The minimum atomic E-state index is -3.64. The van der Waals surface area contributed by atoms with Crippen molar-refractivity contribution >= 4 is 33.0 Å². The van der Waals surface area contributed by atoms with E-state index in [2.05, 4.69) is 21.9 Å². The van der Waals surface area contributed by atoms with E-state index in [4.69, 9.17) is 5.73 Å². The number of benzene rings is 3. The lowest BCUT2D eigenvalue weighted by atomic mass is 10.2. The van der Waals surface area contributed by atoms with Gasteiger partial charge < -0.3 is 11.1 Å². The van der Waals surface area contributed by atoms with Crippen molar-refractivity contribution in [1.82, 2.24) is 0 Å². The summed E-state index contributed by atoms with van der Waals surface area (Å²) in [6.45, 7) is 4.00. The highest BCUT2D eigenvalue weighted by Gasteiger charge is 2.12. The summed E-state index contributed by atoms with van der Waals surface area (Å²) in [5, 5.41) is 2.67. The van der Waals surface area contributed by atoms with E-state index in [0.717, 1.165) is 0 Å². The van der Waals surface area contributed by atoms with Crippen LogP contribution in [0.15, 0.2) is 95.9 Å². The van der Waals surface area contributed by atoms with Gasteiger partial charge in [-0.15, -0.1) is 0 Å². The second-order valence-corrected chi connectivity index (χ2v) is 7.86. The van der Waals surface area contributed by atoms with Crippen LogP contribution in [0.4, 0.5) is 17.1 Å². The summed E-state index contributed by atoms with van der Waals surface area (Å²) < 4.78 is 27.2. The number of rotatable bonds is 5. The molecule has 1 amide bonds. The molecule has 0 aliphatic rings. The first-order chi connectivity index (χ1) is 15.4. The van der Waals surface area contributed by atoms with Gasteiger partial charge in [0.2, 0.25) is 5.91 Å². The lowest BCUT2D eigenvalue weighted by molar-refractivity contribution is -0.111. The van der Waals surface area contributed by atoms with E-state index in [-0.39, 0.29) is 10.8 Å². The average molecular weight is 448 g/mol. The van der Waals surface area contributed by atoms with Gasteiger partial charge in [0, 0.05) is 17.3 Å². The third-order valence-corrected chi connectivity index (χ3v) is 5.34. The van der Waals surface area contributed by atoms with Crippen LogP contribution in [0.2, 0.25) is 0 Å². The molecular formula is C25H25N3O3S. The van der Waals surface area contributed by atoms with Crippen molar-refractivity contribution in [3.05, 3.63) is 96.6 Å². The largest absolute Gasteiger partial charge is 0.397 e. The van der Waals surface area contributed by atoms with Gasteiger partial charge in [-0.3, -0.25) is 9.52 Å². The van der Waals surface area contributed by atoms with Crippen molar-refractivity contribution in [2.75, 3.05) is 15.8 Å². The molecule has 0 spiro atoms. The first kappa shape index (κ1) is 24.3. The second-order valence-electron chi connectivity index (χ2n) is 6.18. The Morgan fingerprint density at radius 2 is 1.53 bits per heavy atom. The average Bonchev–Trinajstić information content (AvgIpc) is 2.81. The third-order valence-electron chi connectivity index (χ3n) is 3.94. The molecule has 32 heavy (non-hydrogen) atoms. The number of hydrogen-bond donors (Lipinski definition) is 3. The molecule has 0 saturated carbocycles. The number of allylic oxidation sites excluding steroid dienone is 1. The predicted molar refractivity (Wildman–Crippen MR) is 131 cm³/mol. The summed E-state index contributed by atoms with van der Waals surface area (Å²) in [5.74, 6) is 5.30. The smallest absolute Gasteiger partial charge is 0.261 e. The zero-order chi connectivity index (χ0) is 23.4. The standard InChI is InChI=1S/C23H19N3O3S.C2H6/c24-21-11-5-6-12-22(21)25-23(27)13-7-4-8-18-14-16-19(17-15-18)26-30(28,29)20-9-2-1-3-10-20;1-2/h1-3,5-7,9-17,26H,24H2,(H,25,27);1-2H3/b13-7+;. The van der Waals surface area contributed by atoms with Crippen molar-refractivity contribution in [2.24, 2.45) is 0 Å². The predicted octanol–water partition coefficient (Wildman–Crippen LogP) is 4.64. The maximum Gasteiger partial charge on any atom is 0.261 e. The minimum Gasteiger partial charge on any atom is -0.397 e. The summed E-state index contributed by atoms with van der Waals surface area (Å²) in [6, 6.07) is 21.7. The van der Waals surface area contributed by atoms with Gasteiger partial charge in [0.15, 0.2) is 0 Å². The van der Waals surface area contributed by atoms with Gasteiger partial charge in [0.05, 0.1) is 16.3 Å². The number of carbonyl (C=O) groups is 1. The van der Waals surface area contributed by atoms with Crippen LogP contribution in [-0.4, -0.2) is 14.3 Å². The van der Waals surface area contributed by atoms with Crippen LogP contribution in [0.3, 0.4) is 0 Å². The van der Waals surface area contributed by atoms with E-state index in [1.807, 2.05) is 13.8 Å². The summed E-state index contributed by atoms with van der Waals surface area (Å²) in [6.07, 6.45) is 2.74. The van der Waals surface area contributed by atoms with Crippen LogP contribution < -0.4 is 15.8 Å². The quantitative estimate of drug-likeness (QED) is 0.301. The van der Waals surface area contributed by atoms with E-state index in [9.17, 15) is 13.2 Å². The van der Waals surface area contributed by atoms with Crippen LogP contribution in [0.1, 0.15) is 19.4 Å².